The molecule has 0 amide bonds. The van der Waals surface area contributed by atoms with Crippen LogP contribution in [0.25, 0.3) is 6.08 Å². The molecule has 0 saturated carbocycles. The van der Waals surface area contributed by atoms with Gasteiger partial charge in [-0.15, -0.1) is 0 Å². The van der Waals surface area contributed by atoms with Gasteiger partial charge in [-0.05, 0) is 59.3 Å². The summed E-state index contributed by atoms with van der Waals surface area (Å²) in [4.78, 5) is 12.4. The summed E-state index contributed by atoms with van der Waals surface area (Å²) in [6.07, 6.45) is 4.68. The molecule has 8 heteroatoms. The number of allylic oxidation sites excluding steroid dienone is 1. The highest BCUT2D eigenvalue weighted by molar-refractivity contribution is 9.10. The number of nitrogens with zero attached hydrogens (tertiary/aromatic N) is 2. The molecule has 0 fully saturated rings. The van der Waals surface area contributed by atoms with Crippen molar-refractivity contribution in [3.05, 3.63) is 74.3 Å². The molecule has 0 unspecified atom stereocenters. The lowest BCUT2D eigenvalue weighted by molar-refractivity contribution is 0.103. The van der Waals surface area contributed by atoms with Crippen molar-refractivity contribution in [2.45, 2.75) is 20.1 Å². The lowest BCUT2D eigenvalue weighted by atomic mass is 10.2. The number of hydrogen-bond acceptors (Lipinski definition) is 4. The molecule has 0 bridgehead atoms. The van der Waals surface area contributed by atoms with Crippen LogP contribution in [-0.2, 0) is 13.2 Å². The Morgan fingerprint density at radius 3 is 2.85 bits per heavy atom. The van der Waals surface area contributed by atoms with E-state index >= 15 is 0 Å². The summed E-state index contributed by atoms with van der Waals surface area (Å²) < 4.78 is 13.6. The molecule has 3 rings (SSSR count). The average Bonchev–Trinajstić information content (AvgIpc) is 3.27. The average molecular weight is 470 g/mol. The summed E-state index contributed by atoms with van der Waals surface area (Å²) >= 11 is 15.2. The van der Waals surface area contributed by atoms with Crippen molar-refractivity contribution in [1.29, 1.82) is 0 Å². The second-order valence-corrected chi connectivity index (χ2v) is 7.19. The summed E-state index contributed by atoms with van der Waals surface area (Å²) in [5, 5.41) is 5.03. The molecule has 0 aliphatic carbocycles. The van der Waals surface area contributed by atoms with Crippen LogP contribution in [-0.4, -0.2) is 15.6 Å². The predicted octanol–water partition coefficient (Wildman–Crippen LogP) is 6.04. The van der Waals surface area contributed by atoms with Gasteiger partial charge in [0.15, 0.2) is 0 Å². The van der Waals surface area contributed by atoms with Gasteiger partial charge in [-0.25, -0.2) is 0 Å². The van der Waals surface area contributed by atoms with Crippen LogP contribution in [0.4, 0.5) is 0 Å². The zero-order valence-corrected chi connectivity index (χ0v) is 17.4. The minimum absolute atomic E-state index is 0.161. The third kappa shape index (κ3) is 4.83. The Morgan fingerprint density at radius 1 is 1.30 bits per heavy atom. The standard InChI is InChI=1S/C19H15BrCl2N2O3/c1-2-24-19(15(20)10-23-24)18(25)8-6-12-3-4-14(27-12)11-26-13-5-7-16(21)17(22)9-13/h3-10H,2,11H2,1H3/b8-6+. The van der Waals surface area contributed by atoms with Gasteiger partial charge in [0.2, 0.25) is 5.78 Å². The van der Waals surface area contributed by atoms with Crippen molar-refractivity contribution < 1.29 is 13.9 Å². The molecular formula is C19H15BrCl2N2O3. The second kappa shape index (κ2) is 8.78. The minimum atomic E-state index is -0.161. The highest BCUT2D eigenvalue weighted by Crippen LogP contribution is 2.27. The third-order valence-corrected chi connectivity index (χ3v) is 5.00. The molecule has 0 aliphatic heterocycles. The van der Waals surface area contributed by atoms with Crippen molar-refractivity contribution >= 4 is 51.0 Å². The molecule has 0 aliphatic rings. The van der Waals surface area contributed by atoms with Gasteiger partial charge in [-0.3, -0.25) is 9.48 Å². The number of halogens is 3. The summed E-state index contributed by atoms with van der Waals surface area (Å²) in [5.74, 6) is 1.60. The fraction of sp³-hybridized carbons (Fsp3) is 0.158. The zero-order chi connectivity index (χ0) is 19.4. The van der Waals surface area contributed by atoms with Crippen LogP contribution in [0.3, 0.4) is 0 Å². The molecule has 0 radical (unpaired) electrons. The van der Waals surface area contributed by atoms with Crippen LogP contribution in [0, 0.1) is 0 Å². The Morgan fingerprint density at radius 2 is 2.11 bits per heavy atom. The van der Waals surface area contributed by atoms with Gasteiger partial charge in [0.25, 0.3) is 0 Å². The SMILES string of the molecule is CCn1ncc(Br)c1C(=O)/C=C/c1ccc(COc2ccc(Cl)c(Cl)c2)o1. The maximum atomic E-state index is 12.4. The first-order chi connectivity index (χ1) is 13.0. The van der Waals surface area contributed by atoms with Crippen molar-refractivity contribution in [3.63, 3.8) is 0 Å². The fourth-order valence-corrected chi connectivity index (χ4v) is 3.15. The number of hydrogen-bond donors (Lipinski definition) is 0. The fourth-order valence-electron chi connectivity index (χ4n) is 2.37. The zero-order valence-electron chi connectivity index (χ0n) is 14.3. The first kappa shape index (κ1) is 19.7. The van der Waals surface area contributed by atoms with Gasteiger partial charge >= 0.3 is 0 Å². The van der Waals surface area contributed by atoms with Crippen molar-refractivity contribution in [2.24, 2.45) is 0 Å². The largest absolute Gasteiger partial charge is 0.486 e. The predicted molar refractivity (Wildman–Crippen MR) is 108 cm³/mol. The third-order valence-electron chi connectivity index (χ3n) is 3.68. The van der Waals surface area contributed by atoms with Crippen molar-refractivity contribution in [3.8, 4) is 5.75 Å². The highest BCUT2D eigenvalue weighted by atomic mass is 79.9. The van der Waals surface area contributed by atoms with Crippen LogP contribution in [0.5, 0.6) is 5.75 Å². The normalized spacial score (nSPS) is 11.3. The molecule has 1 aromatic carbocycles. The number of carbonyl (C=O) groups excluding carboxylic acids is 1. The molecule has 3 aromatic rings. The number of ketones is 1. The van der Waals surface area contributed by atoms with Crippen LogP contribution in [0.15, 0.2) is 51.5 Å². The first-order valence-corrected chi connectivity index (χ1v) is 9.63. The van der Waals surface area contributed by atoms with E-state index in [1.54, 1.807) is 47.3 Å². The molecule has 2 heterocycles. The first-order valence-electron chi connectivity index (χ1n) is 8.08. The number of furan rings is 1. The molecule has 0 spiro atoms. The van der Waals surface area contributed by atoms with Crippen LogP contribution >= 0.6 is 39.1 Å². The number of carbonyl (C=O) groups is 1. The lowest BCUT2D eigenvalue weighted by Gasteiger charge is -2.05. The van der Waals surface area contributed by atoms with E-state index in [0.717, 1.165) is 0 Å². The van der Waals surface area contributed by atoms with Crippen LogP contribution in [0.1, 0.15) is 28.9 Å². The molecule has 5 nitrogen and oxygen atoms in total. The van der Waals surface area contributed by atoms with Crippen LogP contribution < -0.4 is 4.74 Å². The Balaban J connectivity index is 1.63. The van der Waals surface area contributed by atoms with Crippen molar-refractivity contribution in [2.75, 3.05) is 0 Å². The maximum Gasteiger partial charge on any atom is 0.205 e. The van der Waals surface area contributed by atoms with Gasteiger partial charge in [0.05, 0.1) is 20.7 Å². The van der Waals surface area contributed by atoms with Crippen molar-refractivity contribution in [1.82, 2.24) is 9.78 Å². The molecule has 0 saturated heterocycles. The number of ether oxygens (including phenoxy) is 1. The lowest BCUT2D eigenvalue weighted by Crippen LogP contribution is -2.07. The Bertz CT molecular complexity index is 995. The molecule has 140 valence electrons. The van der Waals surface area contributed by atoms with E-state index in [4.69, 9.17) is 32.4 Å². The summed E-state index contributed by atoms with van der Waals surface area (Å²) in [7, 11) is 0. The van der Waals surface area contributed by atoms with E-state index in [2.05, 4.69) is 21.0 Å². The van der Waals surface area contributed by atoms with Gasteiger partial charge in [0.1, 0.15) is 29.6 Å². The summed E-state index contributed by atoms with van der Waals surface area (Å²) in [5.41, 5.74) is 0.503. The minimum Gasteiger partial charge on any atom is -0.486 e. The number of aryl methyl sites for hydroxylation is 1. The quantitative estimate of drug-likeness (QED) is 0.312. The Hall–Kier alpha value is -2.02. The van der Waals surface area contributed by atoms with Gasteiger partial charge < -0.3 is 9.15 Å². The van der Waals surface area contributed by atoms with Crippen LogP contribution in [0.2, 0.25) is 10.0 Å². The molecular weight excluding hydrogens is 455 g/mol. The molecule has 2 aromatic heterocycles. The van der Waals surface area contributed by atoms with E-state index in [1.165, 1.54) is 6.08 Å². The van der Waals surface area contributed by atoms with Gasteiger partial charge in [-0.1, -0.05) is 23.2 Å². The molecule has 27 heavy (non-hydrogen) atoms. The van der Waals surface area contributed by atoms with E-state index in [1.807, 2.05) is 6.92 Å². The summed E-state index contributed by atoms with van der Waals surface area (Å²) in [6.45, 7) is 2.76. The van der Waals surface area contributed by atoms with E-state index in [-0.39, 0.29) is 12.4 Å². The smallest absolute Gasteiger partial charge is 0.205 e. The number of rotatable bonds is 7. The second-order valence-electron chi connectivity index (χ2n) is 5.52. The molecule has 0 N–H and O–H groups in total. The monoisotopic (exact) mass is 468 g/mol. The van der Waals surface area contributed by atoms with E-state index in [9.17, 15) is 4.79 Å². The van der Waals surface area contributed by atoms with E-state index in [0.29, 0.717) is 44.0 Å². The Kier molecular flexibility index (Phi) is 6.42. The van der Waals surface area contributed by atoms with Gasteiger partial charge in [0, 0.05) is 12.6 Å². The highest BCUT2D eigenvalue weighted by Gasteiger charge is 2.14. The van der Waals surface area contributed by atoms with Gasteiger partial charge in [-0.2, -0.15) is 5.10 Å². The molecule has 0 atom stereocenters. The summed E-state index contributed by atoms with van der Waals surface area (Å²) in [6, 6.07) is 8.59. The maximum absolute atomic E-state index is 12.4. The number of benzene rings is 1. The van der Waals surface area contributed by atoms with E-state index < -0.39 is 0 Å². The number of aromatic nitrogens is 2. The topological polar surface area (TPSA) is 57.3 Å². The Labute approximate surface area is 174 Å².